The summed E-state index contributed by atoms with van der Waals surface area (Å²) in [6, 6.07) is 13.4. The van der Waals surface area contributed by atoms with E-state index in [9.17, 15) is 4.79 Å². The van der Waals surface area contributed by atoms with Crippen molar-refractivity contribution in [3.8, 4) is 0 Å². The highest BCUT2D eigenvalue weighted by atomic mass is 79.9. The molecule has 0 bridgehead atoms. The average Bonchev–Trinajstić information content (AvgIpc) is 2.45. The molecule has 2 aromatic rings. The van der Waals surface area contributed by atoms with Crippen molar-refractivity contribution in [2.45, 2.75) is 6.54 Å². The van der Waals surface area contributed by atoms with Crippen molar-refractivity contribution in [2.75, 3.05) is 25.1 Å². The van der Waals surface area contributed by atoms with Gasteiger partial charge in [0, 0.05) is 30.7 Å². The highest BCUT2D eigenvalue weighted by Gasteiger charge is 2.09. The predicted molar refractivity (Wildman–Crippen MR) is 90.3 cm³/mol. The monoisotopic (exact) mass is 347 g/mol. The molecule has 4 nitrogen and oxygen atoms in total. The number of anilines is 2. The van der Waals surface area contributed by atoms with E-state index in [-0.39, 0.29) is 5.91 Å². The Bertz CT molecular complexity index is 656. The number of amides is 1. The summed E-state index contributed by atoms with van der Waals surface area (Å²) in [6.07, 6.45) is 0. The highest BCUT2D eigenvalue weighted by Crippen LogP contribution is 2.22. The van der Waals surface area contributed by atoms with Crippen LogP contribution in [0.25, 0.3) is 0 Å². The summed E-state index contributed by atoms with van der Waals surface area (Å²) in [5.74, 6) is -0.0553. The van der Waals surface area contributed by atoms with Crippen LogP contribution in [-0.2, 0) is 6.54 Å². The summed E-state index contributed by atoms with van der Waals surface area (Å²) >= 11 is 3.45. The second-order valence-electron chi connectivity index (χ2n) is 4.99. The molecule has 0 aliphatic carbocycles. The maximum absolute atomic E-state index is 11.9. The molecule has 2 rings (SSSR count). The number of carbonyl (C=O) groups is 1. The van der Waals surface area contributed by atoms with Gasteiger partial charge < -0.3 is 16.0 Å². The highest BCUT2D eigenvalue weighted by molar-refractivity contribution is 9.10. The van der Waals surface area contributed by atoms with E-state index in [0.29, 0.717) is 17.8 Å². The Labute approximate surface area is 133 Å². The molecule has 21 heavy (non-hydrogen) atoms. The Hall–Kier alpha value is -2.01. The van der Waals surface area contributed by atoms with E-state index in [1.807, 2.05) is 30.3 Å². The minimum Gasteiger partial charge on any atom is -0.397 e. The van der Waals surface area contributed by atoms with Crippen molar-refractivity contribution in [3.05, 3.63) is 58.1 Å². The number of nitrogens with one attached hydrogen (secondary N) is 1. The third-order valence-electron chi connectivity index (χ3n) is 3.08. The van der Waals surface area contributed by atoms with E-state index < -0.39 is 0 Å². The van der Waals surface area contributed by atoms with Gasteiger partial charge in [0.25, 0.3) is 5.91 Å². The Balaban J connectivity index is 2.09. The van der Waals surface area contributed by atoms with Crippen molar-refractivity contribution in [1.82, 2.24) is 4.90 Å². The molecule has 0 saturated heterocycles. The molecule has 0 radical (unpaired) electrons. The Morgan fingerprint density at radius 3 is 2.62 bits per heavy atom. The molecule has 0 unspecified atom stereocenters. The van der Waals surface area contributed by atoms with E-state index >= 15 is 0 Å². The number of nitrogen functional groups attached to an aromatic ring is 1. The summed E-state index contributed by atoms with van der Waals surface area (Å²) in [5.41, 5.74) is 9.14. The molecule has 5 heteroatoms. The van der Waals surface area contributed by atoms with Crippen LogP contribution in [0.2, 0.25) is 0 Å². The molecular weight excluding hydrogens is 330 g/mol. The minimum absolute atomic E-state index is 0.0553. The molecule has 1 amide bonds. The Morgan fingerprint density at radius 2 is 2.00 bits per heavy atom. The van der Waals surface area contributed by atoms with Gasteiger partial charge in [0.2, 0.25) is 0 Å². The summed E-state index contributed by atoms with van der Waals surface area (Å²) in [7, 11) is 3.44. The first-order valence-corrected chi connectivity index (χ1v) is 7.36. The molecule has 0 atom stereocenters. The van der Waals surface area contributed by atoms with Crippen LogP contribution >= 0.6 is 15.9 Å². The zero-order chi connectivity index (χ0) is 15.4. The first-order valence-electron chi connectivity index (χ1n) is 6.57. The van der Waals surface area contributed by atoms with Gasteiger partial charge in [0.05, 0.1) is 11.4 Å². The third kappa shape index (κ3) is 3.98. The summed E-state index contributed by atoms with van der Waals surface area (Å²) in [6.45, 7) is 0.671. The second-order valence-corrected chi connectivity index (χ2v) is 5.90. The van der Waals surface area contributed by atoms with Crippen LogP contribution in [0.1, 0.15) is 15.9 Å². The van der Waals surface area contributed by atoms with E-state index in [0.717, 1.165) is 15.7 Å². The van der Waals surface area contributed by atoms with Gasteiger partial charge in [0.1, 0.15) is 0 Å². The summed E-state index contributed by atoms with van der Waals surface area (Å²) in [5, 5.41) is 3.28. The smallest absolute Gasteiger partial charge is 0.253 e. The van der Waals surface area contributed by atoms with Crippen LogP contribution in [0.5, 0.6) is 0 Å². The third-order valence-corrected chi connectivity index (χ3v) is 3.57. The fraction of sp³-hybridized carbons (Fsp3) is 0.188. The maximum Gasteiger partial charge on any atom is 0.253 e. The SMILES string of the molecule is CN(C)C(=O)c1ccc(NCc2cccc(Br)c2)c(N)c1. The average molecular weight is 348 g/mol. The van der Waals surface area contributed by atoms with Gasteiger partial charge in [-0.15, -0.1) is 0 Å². The van der Waals surface area contributed by atoms with Gasteiger partial charge in [0.15, 0.2) is 0 Å². The quantitative estimate of drug-likeness (QED) is 0.833. The van der Waals surface area contributed by atoms with Gasteiger partial charge in [-0.1, -0.05) is 28.1 Å². The van der Waals surface area contributed by atoms with Crippen LogP contribution in [0.3, 0.4) is 0 Å². The second kappa shape index (κ2) is 6.63. The number of hydrogen-bond acceptors (Lipinski definition) is 3. The molecule has 110 valence electrons. The molecule has 0 aliphatic heterocycles. The topological polar surface area (TPSA) is 58.4 Å². The van der Waals surface area contributed by atoms with Crippen molar-refractivity contribution < 1.29 is 4.79 Å². The van der Waals surface area contributed by atoms with Gasteiger partial charge in [-0.2, -0.15) is 0 Å². The number of nitrogens with two attached hydrogens (primary N) is 1. The lowest BCUT2D eigenvalue weighted by atomic mass is 10.1. The molecule has 0 aromatic heterocycles. The lowest BCUT2D eigenvalue weighted by Gasteiger charge is -2.13. The van der Waals surface area contributed by atoms with Crippen LogP contribution in [0, 0.1) is 0 Å². The van der Waals surface area contributed by atoms with Gasteiger partial charge >= 0.3 is 0 Å². The normalized spacial score (nSPS) is 10.2. The van der Waals surface area contributed by atoms with Crippen LogP contribution in [-0.4, -0.2) is 24.9 Å². The molecule has 2 aromatic carbocycles. The van der Waals surface area contributed by atoms with Crippen molar-refractivity contribution in [3.63, 3.8) is 0 Å². The van der Waals surface area contributed by atoms with E-state index in [4.69, 9.17) is 5.73 Å². The first kappa shape index (κ1) is 15.4. The lowest BCUT2D eigenvalue weighted by Crippen LogP contribution is -2.21. The number of carbonyl (C=O) groups excluding carboxylic acids is 1. The van der Waals surface area contributed by atoms with Crippen molar-refractivity contribution in [2.24, 2.45) is 0 Å². The molecule has 0 heterocycles. The van der Waals surface area contributed by atoms with Crippen molar-refractivity contribution >= 4 is 33.2 Å². The van der Waals surface area contributed by atoms with Gasteiger partial charge in [-0.25, -0.2) is 0 Å². The van der Waals surface area contributed by atoms with Crippen LogP contribution < -0.4 is 11.1 Å². The fourth-order valence-electron chi connectivity index (χ4n) is 1.96. The number of halogens is 1. The lowest BCUT2D eigenvalue weighted by molar-refractivity contribution is 0.0827. The maximum atomic E-state index is 11.9. The minimum atomic E-state index is -0.0553. The zero-order valence-corrected chi connectivity index (χ0v) is 13.6. The molecule has 0 aliphatic rings. The Morgan fingerprint density at radius 1 is 1.24 bits per heavy atom. The molecule has 3 N–H and O–H groups in total. The van der Waals surface area contributed by atoms with Crippen molar-refractivity contribution in [1.29, 1.82) is 0 Å². The van der Waals surface area contributed by atoms with E-state index in [1.54, 1.807) is 26.2 Å². The summed E-state index contributed by atoms with van der Waals surface area (Å²) < 4.78 is 1.04. The number of hydrogen-bond donors (Lipinski definition) is 2. The largest absolute Gasteiger partial charge is 0.397 e. The molecule has 0 saturated carbocycles. The zero-order valence-electron chi connectivity index (χ0n) is 12.1. The van der Waals surface area contributed by atoms with E-state index in [2.05, 4.69) is 21.2 Å². The van der Waals surface area contributed by atoms with E-state index in [1.165, 1.54) is 4.90 Å². The number of benzene rings is 2. The van der Waals surface area contributed by atoms with Crippen LogP contribution in [0.4, 0.5) is 11.4 Å². The Kier molecular flexibility index (Phi) is 4.85. The molecule has 0 fully saturated rings. The number of rotatable bonds is 4. The molecular formula is C16H18BrN3O. The number of nitrogens with zero attached hydrogens (tertiary/aromatic N) is 1. The fourth-order valence-corrected chi connectivity index (χ4v) is 2.41. The molecule has 0 spiro atoms. The van der Waals surface area contributed by atoms with Gasteiger partial charge in [-0.05, 0) is 35.9 Å². The standard InChI is InChI=1S/C16H18BrN3O/c1-20(2)16(21)12-6-7-15(14(18)9-12)19-10-11-4-3-5-13(17)8-11/h3-9,19H,10,18H2,1-2H3. The van der Waals surface area contributed by atoms with Crippen LogP contribution in [0.15, 0.2) is 46.9 Å². The summed E-state index contributed by atoms with van der Waals surface area (Å²) in [4.78, 5) is 13.4. The first-order chi connectivity index (χ1) is 9.97. The van der Waals surface area contributed by atoms with Gasteiger partial charge in [-0.3, -0.25) is 4.79 Å². The predicted octanol–water partition coefficient (Wildman–Crippen LogP) is 3.35.